The first-order chi connectivity index (χ1) is 12.3. The molecule has 6 heteroatoms. The Morgan fingerprint density at radius 2 is 1.88 bits per heavy atom. The van der Waals surface area contributed by atoms with E-state index in [2.05, 4.69) is 91.5 Å². The van der Waals surface area contributed by atoms with Crippen molar-refractivity contribution in [3.05, 3.63) is 63.9 Å². The molecule has 2 aromatic carbocycles. The number of rotatable bonds is 5. The molecule has 0 aliphatic carbocycles. The van der Waals surface area contributed by atoms with Gasteiger partial charge in [0.2, 0.25) is 0 Å². The van der Waals surface area contributed by atoms with Gasteiger partial charge < -0.3 is 4.57 Å². The summed E-state index contributed by atoms with van der Waals surface area (Å²) in [7, 11) is 0. The SMILES string of the molecule is CCn1c(SCc2ccc(Br)cc2)nnc1-c1csc2ccccc12. The van der Waals surface area contributed by atoms with Crippen molar-refractivity contribution >= 4 is 49.1 Å². The number of fused-ring (bicyclic) bond motifs is 1. The minimum absolute atomic E-state index is 0.856. The second-order valence-corrected chi connectivity index (χ2v) is 8.38. The third-order valence-electron chi connectivity index (χ3n) is 4.04. The number of benzene rings is 2. The number of hydrogen-bond acceptors (Lipinski definition) is 4. The highest BCUT2D eigenvalue weighted by molar-refractivity contribution is 9.10. The van der Waals surface area contributed by atoms with Crippen LogP contribution < -0.4 is 0 Å². The number of aromatic nitrogens is 3. The van der Waals surface area contributed by atoms with E-state index in [-0.39, 0.29) is 0 Å². The lowest BCUT2D eigenvalue weighted by atomic mass is 10.1. The van der Waals surface area contributed by atoms with Gasteiger partial charge in [-0.1, -0.05) is 58.0 Å². The van der Waals surface area contributed by atoms with Gasteiger partial charge >= 0.3 is 0 Å². The van der Waals surface area contributed by atoms with Gasteiger partial charge in [-0.3, -0.25) is 0 Å². The van der Waals surface area contributed by atoms with Crippen LogP contribution in [0.15, 0.2) is 63.5 Å². The fourth-order valence-electron chi connectivity index (χ4n) is 2.76. The highest BCUT2D eigenvalue weighted by Gasteiger charge is 2.16. The smallest absolute Gasteiger partial charge is 0.191 e. The number of halogens is 1. The van der Waals surface area contributed by atoms with Crippen LogP contribution in [0, 0.1) is 0 Å². The van der Waals surface area contributed by atoms with Crippen LogP contribution >= 0.6 is 39.0 Å². The molecule has 0 atom stereocenters. The average Bonchev–Trinajstić information content (AvgIpc) is 3.24. The summed E-state index contributed by atoms with van der Waals surface area (Å²) in [6, 6.07) is 16.9. The summed E-state index contributed by atoms with van der Waals surface area (Å²) in [5.74, 6) is 1.84. The van der Waals surface area contributed by atoms with E-state index in [9.17, 15) is 0 Å². The lowest BCUT2D eigenvalue weighted by Crippen LogP contribution is -1.99. The van der Waals surface area contributed by atoms with E-state index in [0.717, 1.165) is 27.8 Å². The molecule has 0 saturated heterocycles. The Balaban J connectivity index is 1.64. The zero-order chi connectivity index (χ0) is 17.2. The Morgan fingerprint density at radius 3 is 2.68 bits per heavy atom. The van der Waals surface area contributed by atoms with Gasteiger partial charge in [-0.05, 0) is 30.7 Å². The van der Waals surface area contributed by atoms with Gasteiger partial charge in [0.25, 0.3) is 0 Å². The van der Waals surface area contributed by atoms with Crippen molar-refractivity contribution < 1.29 is 0 Å². The van der Waals surface area contributed by atoms with Crippen LogP contribution in [0.5, 0.6) is 0 Å². The Labute approximate surface area is 163 Å². The second kappa shape index (κ2) is 7.32. The molecular formula is C19H16BrN3S2. The molecule has 0 saturated carbocycles. The van der Waals surface area contributed by atoms with Crippen molar-refractivity contribution in [2.45, 2.75) is 24.4 Å². The quantitative estimate of drug-likeness (QED) is 0.352. The molecule has 3 nitrogen and oxygen atoms in total. The molecule has 0 N–H and O–H groups in total. The van der Waals surface area contributed by atoms with Gasteiger partial charge in [0.1, 0.15) is 0 Å². The summed E-state index contributed by atoms with van der Waals surface area (Å²) in [6.07, 6.45) is 0. The lowest BCUT2D eigenvalue weighted by molar-refractivity contribution is 0.687. The maximum Gasteiger partial charge on any atom is 0.191 e. The fourth-order valence-corrected chi connectivity index (χ4v) is 4.92. The van der Waals surface area contributed by atoms with Crippen molar-refractivity contribution in [2.24, 2.45) is 0 Å². The first-order valence-corrected chi connectivity index (χ1v) is 10.7. The molecule has 25 heavy (non-hydrogen) atoms. The van der Waals surface area contributed by atoms with E-state index in [1.54, 1.807) is 23.1 Å². The minimum atomic E-state index is 0.856. The van der Waals surface area contributed by atoms with Crippen LogP contribution in [-0.2, 0) is 12.3 Å². The monoisotopic (exact) mass is 429 g/mol. The average molecular weight is 430 g/mol. The zero-order valence-electron chi connectivity index (χ0n) is 13.6. The predicted molar refractivity (Wildman–Crippen MR) is 110 cm³/mol. The fraction of sp³-hybridized carbons (Fsp3) is 0.158. The van der Waals surface area contributed by atoms with Crippen LogP contribution in [0.1, 0.15) is 12.5 Å². The van der Waals surface area contributed by atoms with Gasteiger partial charge in [-0.15, -0.1) is 21.5 Å². The van der Waals surface area contributed by atoms with Gasteiger partial charge in [0, 0.05) is 37.8 Å². The van der Waals surface area contributed by atoms with Crippen LogP contribution in [-0.4, -0.2) is 14.8 Å². The van der Waals surface area contributed by atoms with E-state index in [4.69, 9.17) is 0 Å². The Kier molecular flexibility index (Phi) is 4.92. The summed E-state index contributed by atoms with van der Waals surface area (Å²) in [5, 5.41) is 13.4. The molecule has 0 unspecified atom stereocenters. The topological polar surface area (TPSA) is 30.7 Å². The first-order valence-electron chi connectivity index (χ1n) is 8.03. The normalized spacial score (nSPS) is 11.3. The predicted octanol–water partition coefficient (Wildman–Crippen LogP) is 6.23. The Bertz CT molecular complexity index is 1010. The van der Waals surface area contributed by atoms with E-state index in [1.165, 1.54) is 21.2 Å². The third-order valence-corrected chi connectivity index (χ3v) is 6.57. The van der Waals surface area contributed by atoms with E-state index in [1.807, 2.05) is 0 Å². The molecule has 0 aliphatic heterocycles. The van der Waals surface area contributed by atoms with Crippen LogP contribution in [0.25, 0.3) is 21.5 Å². The van der Waals surface area contributed by atoms with E-state index < -0.39 is 0 Å². The number of hydrogen-bond donors (Lipinski definition) is 0. The van der Waals surface area contributed by atoms with Gasteiger partial charge in [-0.2, -0.15) is 0 Å². The summed E-state index contributed by atoms with van der Waals surface area (Å²) in [5.41, 5.74) is 2.45. The molecule has 4 aromatic rings. The molecular weight excluding hydrogens is 414 g/mol. The van der Waals surface area contributed by atoms with Crippen LogP contribution in [0.4, 0.5) is 0 Å². The van der Waals surface area contributed by atoms with Crippen molar-refractivity contribution in [3.8, 4) is 11.4 Å². The molecule has 4 rings (SSSR count). The molecule has 0 spiro atoms. The Hall–Kier alpha value is -1.63. The molecule has 0 amide bonds. The van der Waals surface area contributed by atoms with Crippen LogP contribution in [0.2, 0.25) is 0 Å². The molecule has 0 aliphatic rings. The van der Waals surface area contributed by atoms with Gasteiger partial charge in [0.15, 0.2) is 11.0 Å². The molecule has 2 aromatic heterocycles. The summed E-state index contributed by atoms with van der Waals surface area (Å²) < 4.78 is 4.59. The van der Waals surface area contributed by atoms with Crippen molar-refractivity contribution in [3.63, 3.8) is 0 Å². The zero-order valence-corrected chi connectivity index (χ0v) is 16.9. The highest BCUT2D eigenvalue weighted by atomic mass is 79.9. The highest BCUT2D eigenvalue weighted by Crippen LogP contribution is 2.34. The summed E-state index contributed by atoms with van der Waals surface area (Å²) in [6.45, 7) is 3.00. The third kappa shape index (κ3) is 3.38. The second-order valence-electron chi connectivity index (χ2n) is 5.61. The largest absolute Gasteiger partial charge is 0.302 e. The van der Waals surface area contributed by atoms with Crippen molar-refractivity contribution in [2.75, 3.05) is 0 Å². The molecule has 2 heterocycles. The maximum atomic E-state index is 4.50. The maximum absolute atomic E-state index is 4.50. The summed E-state index contributed by atoms with van der Waals surface area (Å²) in [4.78, 5) is 0. The Morgan fingerprint density at radius 1 is 1.08 bits per heavy atom. The van der Waals surface area contributed by atoms with E-state index >= 15 is 0 Å². The summed E-state index contributed by atoms with van der Waals surface area (Å²) >= 11 is 6.97. The van der Waals surface area contributed by atoms with Crippen LogP contribution in [0.3, 0.4) is 0 Å². The minimum Gasteiger partial charge on any atom is -0.302 e. The molecule has 0 fully saturated rings. The van der Waals surface area contributed by atoms with E-state index in [0.29, 0.717) is 0 Å². The lowest BCUT2D eigenvalue weighted by Gasteiger charge is -2.07. The van der Waals surface area contributed by atoms with Gasteiger partial charge in [0.05, 0.1) is 0 Å². The molecule has 126 valence electrons. The number of nitrogens with zero attached hydrogens (tertiary/aromatic N) is 3. The number of thiophene rings is 1. The van der Waals surface area contributed by atoms with Crippen molar-refractivity contribution in [1.82, 2.24) is 14.8 Å². The molecule has 0 bridgehead atoms. The first kappa shape index (κ1) is 16.8. The standard InChI is InChI=1S/C19H16BrN3S2/c1-2-23-18(16-12-24-17-6-4-3-5-15(16)17)21-22-19(23)25-11-13-7-9-14(20)10-8-13/h3-10,12H,2,11H2,1H3. The molecule has 0 radical (unpaired) electrons. The van der Waals surface area contributed by atoms with Crippen molar-refractivity contribution in [1.29, 1.82) is 0 Å². The van der Waals surface area contributed by atoms with Gasteiger partial charge in [-0.25, -0.2) is 0 Å². The number of thioether (sulfide) groups is 1.